The number of amides is 1. The van der Waals surface area contributed by atoms with Crippen LogP contribution in [0.5, 0.6) is 5.75 Å². The highest BCUT2D eigenvalue weighted by Crippen LogP contribution is 2.52. The van der Waals surface area contributed by atoms with Crippen LogP contribution in [0.3, 0.4) is 0 Å². The monoisotopic (exact) mass is 601 g/mol. The summed E-state index contributed by atoms with van der Waals surface area (Å²) in [5.74, 6) is -2.50. The van der Waals surface area contributed by atoms with E-state index in [0.29, 0.717) is 22.7 Å². The van der Waals surface area contributed by atoms with Crippen LogP contribution in [0.15, 0.2) is 60.7 Å². The van der Waals surface area contributed by atoms with Crippen molar-refractivity contribution in [2.24, 2.45) is 11.1 Å². The van der Waals surface area contributed by atoms with Gasteiger partial charge in [-0.25, -0.2) is 9.18 Å². The molecule has 0 bridgehead atoms. The largest absolute Gasteiger partial charge is 0.495 e. The van der Waals surface area contributed by atoms with Gasteiger partial charge in [0.1, 0.15) is 11.6 Å². The molecule has 10 heteroatoms. The lowest BCUT2D eigenvalue weighted by Gasteiger charge is -2.42. The van der Waals surface area contributed by atoms with E-state index in [1.807, 2.05) is 6.07 Å². The van der Waals surface area contributed by atoms with Gasteiger partial charge in [-0.05, 0) is 65.4 Å². The normalized spacial score (nSPS) is 22.4. The number of nitrogens with two attached hydrogens (primary N) is 1. The number of carbonyl (C=O) groups excluding carboxylic acids is 1. The van der Waals surface area contributed by atoms with Crippen molar-refractivity contribution >= 4 is 40.8 Å². The Bertz CT molecular complexity index is 1460. The number of aromatic carboxylic acids is 1. The number of nitrogens with one attached hydrogen (secondary N) is 2. The number of ether oxygens (including phenoxy) is 1. The smallest absolute Gasteiger partial charge is 0.335 e. The molecule has 41 heavy (non-hydrogen) atoms. The zero-order valence-electron chi connectivity index (χ0n) is 23.3. The van der Waals surface area contributed by atoms with E-state index in [-0.39, 0.29) is 28.3 Å². The van der Waals surface area contributed by atoms with Crippen LogP contribution >= 0.6 is 23.2 Å². The summed E-state index contributed by atoms with van der Waals surface area (Å²) in [5, 5.41) is 16.5. The summed E-state index contributed by atoms with van der Waals surface area (Å²) in [7, 11) is 1.39. The van der Waals surface area contributed by atoms with Crippen LogP contribution in [-0.4, -0.2) is 42.7 Å². The minimum atomic E-state index is -1.12. The molecule has 7 nitrogen and oxygen atoms in total. The summed E-state index contributed by atoms with van der Waals surface area (Å²) in [6, 6.07) is 14.6. The molecular weight excluding hydrogens is 568 g/mol. The maximum atomic E-state index is 15.8. The Kier molecular flexibility index (Phi) is 8.99. The number of rotatable bonds is 8. The zero-order chi connectivity index (χ0) is 30.1. The average Bonchev–Trinajstić information content (AvgIpc) is 3.22. The Morgan fingerprint density at radius 3 is 2.39 bits per heavy atom. The van der Waals surface area contributed by atoms with E-state index >= 15 is 4.39 Å². The molecule has 0 radical (unpaired) electrons. The Labute approximate surface area is 249 Å². The van der Waals surface area contributed by atoms with Gasteiger partial charge in [0.15, 0.2) is 0 Å². The fraction of sp³-hybridized carbons (Fsp3) is 0.355. The highest BCUT2D eigenvalue weighted by atomic mass is 35.5. The van der Waals surface area contributed by atoms with Gasteiger partial charge < -0.3 is 26.2 Å². The Morgan fingerprint density at radius 2 is 1.80 bits per heavy atom. The minimum Gasteiger partial charge on any atom is -0.495 e. The van der Waals surface area contributed by atoms with Crippen LogP contribution in [0, 0.1) is 11.2 Å². The Hall–Kier alpha value is -3.17. The molecule has 0 spiro atoms. The van der Waals surface area contributed by atoms with Crippen LogP contribution in [0.2, 0.25) is 10.0 Å². The second-order valence-corrected chi connectivity index (χ2v) is 12.4. The van der Waals surface area contributed by atoms with Crippen molar-refractivity contribution in [2.75, 3.05) is 19.0 Å². The van der Waals surface area contributed by atoms with E-state index < -0.39 is 41.1 Å². The maximum Gasteiger partial charge on any atom is 0.335 e. The number of carbonyl (C=O) groups is 2. The van der Waals surface area contributed by atoms with Gasteiger partial charge in [-0.2, -0.15) is 0 Å². The van der Waals surface area contributed by atoms with Crippen LogP contribution in [0.25, 0.3) is 0 Å². The van der Waals surface area contributed by atoms with E-state index in [2.05, 4.69) is 31.4 Å². The van der Waals surface area contributed by atoms with Crippen LogP contribution in [-0.2, 0) is 10.2 Å². The first-order valence-electron chi connectivity index (χ1n) is 13.2. The molecule has 0 aromatic heterocycles. The Morgan fingerprint density at radius 1 is 1.10 bits per heavy atom. The first kappa shape index (κ1) is 30.8. The van der Waals surface area contributed by atoms with Crippen molar-refractivity contribution in [1.82, 2.24) is 5.32 Å². The summed E-state index contributed by atoms with van der Waals surface area (Å²) >= 11 is 12.6. The standard InChI is InChI=1S/C31H34Cl2FN3O4/c1-30(2,3)15-25-31(16-35,21-10-9-20(33)14-22(21)34)26(17-6-5-7-19(32)12-17)27(37-25)28(38)36-23-11-8-18(29(39)40)13-24(23)41-4/h5-14,25-27,37H,15-16,35H2,1-4H3,(H,36,38)(H,39,40)/t25-,26-,27+,31-/m0/s1. The highest BCUT2D eigenvalue weighted by Gasteiger charge is 2.59. The number of anilines is 1. The average molecular weight is 603 g/mol. The summed E-state index contributed by atoms with van der Waals surface area (Å²) in [5.41, 5.74) is 6.72. The SMILES string of the molecule is COc1cc(C(=O)O)ccc1NC(=O)[C@@H]1N[C@@H](CC(C)(C)C)[C@](CN)(c2ccc(Cl)cc2F)[C@H]1c1cccc(Cl)c1. The topological polar surface area (TPSA) is 114 Å². The van der Waals surface area contributed by atoms with Gasteiger partial charge >= 0.3 is 5.97 Å². The first-order valence-corrected chi connectivity index (χ1v) is 14.0. The number of halogens is 3. The maximum absolute atomic E-state index is 15.8. The van der Waals surface area contributed by atoms with Crippen LogP contribution in [0.4, 0.5) is 10.1 Å². The number of benzene rings is 3. The van der Waals surface area contributed by atoms with Gasteiger partial charge in [0, 0.05) is 34.0 Å². The molecule has 5 N–H and O–H groups in total. The lowest BCUT2D eigenvalue weighted by Crippen LogP contribution is -2.50. The summed E-state index contributed by atoms with van der Waals surface area (Å²) in [6.45, 7) is 6.25. The van der Waals surface area contributed by atoms with Crippen molar-refractivity contribution in [2.45, 2.75) is 50.6 Å². The molecule has 1 aliphatic rings. The Balaban J connectivity index is 1.90. The van der Waals surface area contributed by atoms with Crippen molar-refractivity contribution in [3.8, 4) is 5.75 Å². The van der Waals surface area contributed by atoms with E-state index in [1.165, 1.54) is 31.4 Å². The van der Waals surface area contributed by atoms with Gasteiger partial charge in [0.05, 0.1) is 24.4 Å². The fourth-order valence-corrected chi connectivity index (χ4v) is 6.34. The van der Waals surface area contributed by atoms with Crippen molar-refractivity contribution in [1.29, 1.82) is 0 Å². The third-order valence-corrected chi connectivity index (χ3v) is 8.14. The molecule has 1 heterocycles. The van der Waals surface area contributed by atoms with E-state index in [1.54, 1.807) is 30.3 Å². The van der Waals surface area contributed by atoms with Crippen molar-refractivity contribution in [3.05, 3.63) is 93.2 Å². The molecule has 1 fully saturated rings. The van der Waals surface area contributed by atoms with E-state index in [0.717, 1.165) is 5.56 Å². The molecule has 0 saturated carbocycles. The first-order chi connectivity index (χ1) is 19.3. The molecule has 4 rings (SSSR count). The molecule has 0 aliphatic carbocycles. The number of carboxylic acid groups (broad SMARTS) is 1. The second-order valence-electron chi connectivity index (χ2n) is 11.6. The zero-order valence-corrected chi connectivity index (χ0v) is 24.8. The molecule has 0 unspecified atom stereocenters. The molecular formula is C31H34Cl2FN3O4. The summed E-state index contributed by atoms with van der Waals surface area (Å²) in [4.78, 5) is 25.6. The van der Waals surface area contributed by atoms with Crippen LogP contribution < -0.4 is 21.1 Å². The predicted octanol–water partition coefficient (Wildman–Crippen LogP) is 6.23. The fourth-order valence-electron chi connectivity index (χ4n) is 5.99. The van der Waals surface area contributed by atoms with Gasteiger partial charge in [0.2, 0.25) is 5.91 Å². The van der Waals surface area contributed by atoms with Crippen LogP contribution in [0.1, 0.15) is 54.6 Å². The lowest BCUT2D eigenvalue weighted by molar-refractivity contribution is -0.118. The van der Waals surface area contributed by atoms with Gasteiger partial charge in [-0.1, -0.05) is 62.2 Å². The van der Waals surface area contributed by atoms with Crippen molar-refractivity contribution < 1.29 is 23.8 Å². The molecule has 4 atom stereocenters. The van der Waals surface area contributed by atoms with Crippen molar-refractivity contribution in [3.63, 3.8) is 0 Å². The molecule has 1 amide bonds. The van der Waals surface area contributed by atoms with Gasteiger partial charge in [0.25, 0.3) is 0 Å². The second kappa shape index (κ2) is 12.0. The minimum absolute atomic E-state index is 0.0150. The number of hydrogen-bond acceptors (Lipinski definition) is 5. The highest BCUT2D eigenvalue weighted by molar-refractivity contribution is 6.30. The number of hydrogen-bond donors (Lipinski definition) is 4. The van der Waals surface area contributed by atoms with Gasteiger partial charge in [-0.15, -0.1) is 0 Å². The predicted molar refractivity (Wildman–Crippen MR) is 160 cm³/mol. The summed E-state index contributed by atoms with van der Waals surface area (Å²) < 4.78 is 21.2. The number of methoxy groups -OCH3 is 1. The molecule has 218 valence electrons. The van der Waals surface area contributed by atoms with Gasteiger partial charge in [-0.3, -0.25) is 4.79 Å². The third kappa shape index (κ3) is 6.21. The number of carboxylic acids is 1. The molecule has 1 saturated heterocycles. The molecule has 3 aromatic rings. The van der Waals surface area contributed by atoms with E-state index in [4.69, 9.17) is 33.7 Å². The van der Waals surface area contributed by atoms with E-state index in [9.17, 15) is 14.7 Å². The molecule has 1 aliphatic heterocycles. The quantitative estimate of drug-likeness (QED) is 0.243. The third-order valence-electron chi connectivity index (χ3n) is 7.67. The lowest BCUT2D eigenvalue weighted by atomic mass is 9.62. The molecule has 3 aromatic carbocycles. The summed E-state index contributed by atoms with van der Waals surface area (Å²) in [6.07, 6.45) is 0.573.